The molecule has 0 aliphatic carbocycles. The number of halogens is 1. The lowest BCUT2D eigenvalue weighted by atomic mass is 10.0. The van der Waals surface area contributed by atoms with Gasteiger partial charge in [0, 0.05) is 24.8 Å². The van der Waals surface area contributed by atoms with E-state index in [4.69, 9.17) is 14.2 Å². The number of benzene rings is 2. The van der Waals surface area contributed by atoms with E-state index in [1.54, 1.807) is 29.2 Å². The first-order chi connectivity index (χ1) is 13.6. The van der Waals surface area contributed by atoms with Gasteiger partial charge in [0.25, 0.3) is 5.91 Å². The molecule has 28 heavy (non-hydrogen) atoms. The fourth-order valence-corrected chi connectivity index (χ4v) is 3.50. The van der Waals surface area contributed by atoms with Crippen LogP contribution in [0.3, 0.4) is 0 Å². The number of nitrogens with one attached hydrogen (secondary N) is 1. The third-order valence-corrected chi connectivity index (χ3v) is 4.86. The smallest absolute Gasteiger partial charge is 0.257 e. The van der Waals surface area contributed by atoms with Crippen molar-refractivity contribution < 1.29 is 23.4 Å². The molecule has 1 unspecified atom stereocenters. The number of piperidine rings is 1. The normalized spacial score (nSPS) is 16.4. The Balaban J connectivity index is 1.77. The highest BCUT2D eigenvalue weighted by Crippen LogP contribution is 2.40. The fraction of sp³-hybridized carbons (Fsp3) is 0.381. The van der Waals surface area contributed by atoms with Crippen molar-refractivity contribution in [3.8, 4) is 17.2 Å². The number of ether oxygens (including phenoxy) is 3. The Bertz CT molecular complexity index is 826. The molecule has 1 fully saturated rings. The molecule has 1 amide bonds. The Morgan fingerprint density at radius 2 is 1.75 bits per heavy atom. The van der Waals surface area contributed by atoms with Crippen molar-refractivity contribution in [1.82, 2.24) is 4.90 Å². The molecule has 0 bridgehead atoms. The van der Waals surface area contributed by atoms with Crippen LogP contribution >= 0.6 is 0 Å². The summed E-state index contributed by atoms with van der Waals surface area (Å²) in [4.78, 5) is 15.0. The molecule has 0 spiro atoms. The van der Waals surface area contributed by atoms with Gasteiger partial charge in [0.2, 0.25) is 5.75 Å². The molecule has 1 saturated heterocycles. The van der Waals surface area contributed by atoms with Crippen molar-refractivity contribution in [3.05, 3.63) is 47.8 Å². The molecular formula is C21H25FN2O4. The highest BCUT2D eigenvalue weighted by Gasteiger charge is 2.28. The van der Waals surface area contributed by atoms with Crippen LogP contribution in [0.4, 0.5) is 10.1 Å². The molecule has 1 heterocycles. The standard InChI is InChI=1S/C21H25FN2O4/c1-26-18-11-10-17(19(27-2)20(18)28-3)21(25)24-12-4-5-16(13-24)23-15-8-6-14(22)7-9-15/h6-11,16,23H,4-5,12-13H2,1-3H3. The topological polar surface area (TPSA) is 60.0 Å². The Morgan fingerprint density at radius 1 is 1.04 bits per heavy atom. The van der Waals surface area contributed by atoms with Crippen LogP contribution in [0.1, 0.15) is 23.2 Å². The zero-order valence-corrected chi connectivity index (χ0v) is 16.3. The van der Waals surface area contributed by atoms with Crippen LogP contribution in [0.25, 0.3) is 0 Å². The number of hydrogen-bond acceptors (Lipinski definition) is 5. The summed E-state index contributed by atoms with van der Waals surface area (Å²) in [7, 11) is 4.55. The summed E-state index contributed by atoms with van der Waals surface area (Å²) in [5, 5.41) is 3.38. The van der Waals surface area contributed by atoms with Crippen molar-refractivity contribution in [3.63, 3.8) is 0 Å². The van der Waals surface area contributed by atoms with E-state index in [2.05, 4.69) is 5.32 Å². The molecule has 7 heteroatoms. The summed E-state index contributed by atoms with van der Waals surface area (Å²) < 4.78 is 29.2. The summed E-state index contributed by atoms with van der Waals surface area (Å²) in [5.74, 6) is 0.870. The molecule has 1 N–H and O–H groups in total. The molecule has 1 aliphatic rings. The summed E-state index contributed by atoms with van der Waals surface area (Å²) >= 11 is 0. The maximum absolute atomic E-state index is 13.2. The van der Waals surface area contributed by atoms with E-state index in [9.17, 15) is 9.18 Å². The van der Waals surface area contributed by atoms with Gasteiger partial charge in [-0.05, 0) is 49.2 Å². The molecule has 0 saturated carbocycles. The molecule has 1 atom stereocenters. The molecule has 3 rings (SSSR count). The van der Waals surface area contributed by atoms with E-state index in [0.29, 0.717) is 35.9 Å². The first kappa shape index (κ1) is 19.8. The summed E-state index contributed by atoms with van der Waals surface area (Å²) in [5.41, 5.74) is 1.27. The Hall–Kier alpha value is -2.96. The van der Waals surface area contributed by atoms with Crippen LogP contribution < -0.4 is 19.5 Å². The Labute approximate surface area is 164 Å². The third kappa shape index (κ3) is 4.13. The van der Waals surface area contributed by atoms with E-state index in [1.807, 2.05) is 0 Å². The van der Waals surface area contributed by atoms with Crippen LogP contribution in [0, 0.1) is 5.82 Å². The predicted octanol–water partition coefficient (Wildman–Crippen LogP) is 3.57. The molecule has 6 nitrogen and oxygen atoms in total. The third-order valence-electron chi connectivity index (χ3n) is 4.86. The van der Waals surface area contributed by atoms with Crippen molar-refractivity contribution in [2.45, 2.75) is 18.9 Å². The molecule has 1 aliphatic heterocycles. The van der Waals surface area contributed by atoms with Gasteiger partial charge in [-0.2, -0.15) is 0 Å². The SMILES string of the molecule is COc1ccc(C(=O)N2CCCC(Nc3ccc(F)cc3)C2)c(OC)c1OC. The zero-order chi connectivity index (χ0) is 20.1. The number of likely N-dealkylation sites (tertiary alicyclic amines) is 1. The first-order valence-corrected chi connectivity index (χ1v) is 9.17. The van der Waals surface area contributed by atoms with Crippen LogP contribution in [-0.4, -0.2) is 51.3 Å². The van der Waals surface area contributed by atoms with Crippen molar-refractivity contribution in [1.29, 1.82) is 0 Å². The zero-order valence-electron chi connectivity index (χ0n) is 16.3. The largest absolute Gasteiger partial charge is 0.493 e. The molecule has 2 aromatic carbocycles. The minimum atomic E-state index is -0.272. The maximum Gasteiger partial charge on any atom is 0.257 e. The minimum Gasteiger partial charge on any atom is -0.493 e. The van der Waals surface area contributed by atoms with Gasteiger partial charge < -0.3 is 24.4 Å². The molecule has 2 aromatic rings. The average Bonchev–Trinajstić information content (AvgIpc) is 2.73. The Morgan fingerprint density at radius 3 is 2.39 bits per heavy atom. The number of nitrogens with zero attached hydrogens (tertiary/aromatic N) is 1. The second-order valence-corrected chi connectivity index (χ2v) is 6.62. The number of carbonyl (C=O) groups excluding carboxylic acids is 1. The highest BCUT2D eigenvalue weighted by atomic mass is 19.1. The van der Waals surface area contributed by atoms with Gasteiger partial charge >= 0.3 is 0 Å². The van der Waals surface area contributed by atoms with E-state index in [-0.39, 0.29) is 17.8 Å². The maximum atomic E-state index is 13.2. The summed E-state index contributed by atoms with van der Waals surface area (Å²) in [6.07, 6.45) is 1.81. The van der Waals surface area contributed by atoms with Gasteiger partial charge in [0.15, 0.2) is 11.5 Å². The molecular weight excluding hydrogens is 363 g/mol. The summed E-state index contributed by atoms with van der Waals surface area (Å²) in [6.45, 7) is 1.21. The predicted molar refractivity (Wildman–Crippen MR) is 105 cm³/mol. The number of methoxy groups -OCH3 is 3. The second-order valence-electron chi connectivity index (χ2n) is 6.62. The van der Waals surface area contributed by atoms with Crippen LogP contribution in [-0.2, 0) is 0 Å². The van der Waals surface area contributed by atoms with E-state index in [1.165, 1.54) is 33.5 Å². The molecule has 0 aromatic heterocycles. The fourth-order valence-electron chi connectivity index (χ4n) is 3.50. The lowest BCUT2D eigenvalue weighted by Gasteiger charge is -2.34. The van der Waals surface area contributed by atoms with Gasteiger partial charge in [-0.1, -0.05) is 0 Å². The van der Waals surface area contributed by atoms with E-state index in [0.717, 1.165) is 18.5 Å². The summed E-state index contributed by atoms with van der Waals surface area (Å²) in [6, 6.07) is 9.73. The second kappa shape index (κ2) is 8.82. The molecule has 0 radical (unpaired) electrons. The lowest BCUT2D eigenvalue weighted by Crippen LogP contribution is -2.45. The highest BCUT2D eigenvalue weighted by molar-refractivity contribution is 5.98. The van der Waals surface area contributed by atoms with E-state index < -0.39 is 0 Å². The average molecular weight is 388 g/mol. The quantitative estimate of drug-likeness (QED) is 0.820. The van der Waals surface area contributed by atoms with Gasteiger partial charge in [0.1, 0.15) is 5.82 Å². The van der Waals surface area contributed by atoms with Crippen LogP contribution in [0.15, 0.2) is 36.4 Å². The van der Waals surface area contributed by atoms with Crippen molar-refractivity contribution in [2.75, 3.05) is 39.7 Å². The van der Waals surface area contributed by atoms with Crippen LogP contribution in [0.2, 0.25) is 0 Å². The number of rotatable bonds is 6. The van der Waals surface area contributed by atoms with Gasteiger partial charge in [-0.15, -0.1) is 0 Å². The monoisotopic (exact) mass is 388 g/mol. The first-order valence-electron chi connectivity index (χ1n) is 9.17. The number of carbonyl (C=O) groups is 1. The molecule has 150 valence electrons. The number of hydrogen-bond donors (Lipinski definition) is 1. The van der Waals surface area contributed by atoms with Crippen LogP contribution in [0.5, 0.6) is 17.2 Å². The van der Waals surface area contributed by atoms with E-state index >= 15 is 0 Å². The number of anilines is 1. The lowest BCUT2D eigenvalue weighted by molar-refractivity contribution is 0.0710. The van der Waals surface area contributed by atoms with Crippen molar-refractivity contribution in [2.24, 2.45) is 0 Å². The van der Waals surface area contributed by atoms with Crippen molar-refractivity contribution >= 4 is 11.6 Å². The van der Waals surface area contributed by atoms with Gasteiger partial charge in [-0.25, -0.2) is 4.39 Å². The Kier molecular flexibility index (Phi) is 6.23. The van der Waals surface area contributed by atoms with Gasteiger partial charge in [-0.3, -0.25) is 4.79 Å². The minimum absolute atomic E-state index is 0.0919. The number of amides is 1. The van der Waals surface area contributed by atoms with Gasteiger partial charge in [0.05, 0.1) is 26.9 Å².